The van der Waals surface area contributed by atoms with Gasteiger partial charge >= 0.3 is 0 Å². The third-order valence-electron chi connectivity index (χ3n) is 4.30. The summed E-state index contributed by atoms with van der Waals surface area (Å²) in [5, 5.41) is 0. The number of hydrogen-bond acceptors (Lipinski definition) is 5. The van der Waals surface area contributed by atoms with Crippen molar-refractivity contribution in [2.24, 2.45) is 0 Å². The minimum Gasteiger partial charge on any atom is -0.341 e. The van der Waals surface area contributed by atoms with Gasteiger partial charge in [0.2, 0.25) is 16.0 Å². The molecular formula is C15H26N4O2S. The molecule has 1 aromatic heterocycles. The zero-order valence-corrected chi connectivity index (χ0v) is 14.7. The van der Waals surface area contributed by atoms with Crippen LogP contribution < -0.4 is 9.62 Å². The lowest BCUT2D eigenvalue weighted by molar-refractivity contribution is 0.424. The number of rotatable bonds is 5. The highest BCUT2D eigenvalue weighted by molar-refractivity contribution is 7.88. The summed E-state index contributed by atoms with van der Waals surface area (Å²) in [4.78, 5) is 11.2. The lowest BCUT2D eigenvalue weighted by atomic mass is 9.95. The van der Waals surface area contributed by atoms with Gasteiger partial charge in [-0.25, -0.2) is 23.1 Å². The Hall–Kier alpha value is -1.21. The average Bonchev–Trinajstić information content (AvgIpc) is 2.45. The molecule has 1 N–H and O–H groups in total. The Bertz CT molecular complexity index is 612. The quantitative estimate of drug-likeness (QED) is 0.897. The van der Waals surface area contributed by atoms with E-state index in [1.807, 2.05) is 14.0 Å². The second kappa shape index (κ2) is 6.91. The van der Waals surface area contributed by atoms with Crippen LogP contribution in [0.4, 0.5) is 5.95 Å². The van der Waals surface area contributed by atoms with Crippen molar-refractivity contribution in [3.8, 4) is 0 Å². The summed E-state index contributed by atoms with van der Waals surface area (Å²) < 4.78 is 25.3. The highest BCUT2D eigenvalue weighted by Crippen LogP contribution is 2.25. The molecule has 0 radical (unpaired) electrons. The molecule has 0 saturated heterocycles. The summed E-state index contributed by atoms with van der Waals surface area (Å²) in [6, 6.07) is 0.176. The summed E-state index contributed by atoms with van der Waals surface area (Å²) in [5.74, 6) is 0.722. The number of aromatic nitrogens is 2. The van der Waals surface area contributed by atoms with Crippen molar-refractivity contribution >= 4 is 16.0 Å². The molecule has 1 saturated carbocycles. The molecule has 6 nitrogen and oxygen atoms in total. The SMILES string of the molecule is Cc1nc(N(C)C2CCCCC2)ncc1C(C)NS(C)(=O)=O. The van der Waals surface area contributed by atoms with Crippen LogP contribution in [0.25, 0.3) is 0 Å². The normalized spacial score (nSPS) is 18.2. The van der Waals surface area contributed by atoms with Gasteiger partial charge in [0, 0.05) is 36.6 Å². The fourth-order valence-corrected chi connectivity index (χ4v) is 3.84. The summed E-state index contributed by atoms with van der Waals surface area (Å²) in [6.07, 6.45) is 9.12. The van der Waals surface area contributed by atoms with Crippen LogP contribution in [0.15, 0.2) is 6.20 Å². The lowest BCUT2D eigenvalue weighted by Crippen LogP contribution is -2.35. The van der Waals surface area contributed by atoms with Crippen molar-refractivity contribution in [1.29, 1.82) is 0 Å². The maximum absolute atomic E-state index is 11.3. The van der Waals surface area contributed by atoms with Crippen LogP contribution in [0.1, 0.15) is 56.3 Å². The van der Waals surface area contributed by atoms with Crippen LogP contribution in [0, 0.1) is 6.92 Å². The second-order valence-corrected chi connectivity index (χ2v) is 8.01. The van der Waals surface area contributed by atoms with E-state index in [0.29, 0.717) is 6.04 Å². The Morgan fingerprint density at radius 3 is 2.50 bits per heavy atom. The zero-order chi connectivity index (χ0) is 16.3. The number of nitrogens with zero attached hydrogens (tertiary/aromatic N) is 3. The van der Waals surface area contributed by atoms with Crippen LogP contribution in [-0.4, -0.2) is 37.7 Å². The number of nitrogens with one attached hydrogen (secondary N) is 1. The van der Waals surface area contributed by atoms with Gasteiger partial charge in [0.05, 0.1) is 6.26 Å². The van der Waals surface area contributed by atoms with E-state index in [9.17, 15) is 8.42 Å². The van der Waals surface area contributed by atoms with Crippen LogP contribution in [0.5, 0.6) is 0 Å². The summed E-state index contributed by atoms with van der Waals surface area (Å²) in [6.45, 7) is 3.70. The van der Waals surface area contributed by atoms with Crippen molar-refractivity contribution in [2.45, 2.75) is 58.0 Å². The molecule has 1 fully saturated rings. The van der Waals surface area contributed by atoms with Crippen LogP contribution in [0.2, 0.25) is 0 Å². The fourth-order valence-electron chi connectivity index (χ4n) is 3.08. The van der Waals surface area contributed by atoms with E-state index in [4.69, 9.17) is 0 Å². The van der Waals surface area contributed by atoms with Crippen molar-refractivity contribution in [3.63, 3.8) is 0 Å². The first-order valence-corrected chi connectivity index (χ1v) is 9.71. The van der Waals surface area contributed by atoms with E-state index in [1.54, 1.807) is 13.1 Å². The van der Waals surface area contributed by atoms with Gasteiger partial charge in [0.15, 0.2) is 0 Å². The van der Waals surface area contributed by atoms with E-state index >= 15 is 0 Å². The third kappa shape index (κ3) is 4.39. The molecule has 0 spiro atoms. The predicted molar refractivity (Wildman–Crippen MR) is 88.4 cm³/mol. The van der Waals surface area contributed by atoms with Gasteiger partial charge in [-0.05, 0) is 26.7 Å². The number of anilines is 1. The molecule has 22 heavy (non-hydrogen) atoms. The smallest absolute Gasteiger partial charge is 0.225 e. The fraction of sp³-hybridized carbons (Fsp3) is 0.733. The maximum Gasteiger partial charge on any atom is 0.225 e. The molecule has 124 valence electrons. The van der Waals surface area contributed by atoms with Gasteiger partial charge < -0.3 is 4.90 Å². The number of hydrogen-bond donors (Lipinski definition) is 1. The molecule has 0 amide bonds. The molecule has 1 aliphatic rings. The molecule has 0 aromatic carbocycles. The molecule has 0 aliphatic heterocycles. The Morgan fingerprint density at radius 2 is 1.95 bits per heavy atom. The maximum atomic E-state index is 11.3. The van der Waals surface area contributed by atoms with Crippen molar-refractivity contribution in [3.05, 3.63) is 17.5 Å². The minimum atomic E-state index is -3.25. The van der Waals surface area contributed by atoms with E-state index < -0.39 is 10.0 Å². The van der Waals surface area contributed by atoms with Gasteiger partial charge in [0.25, 0.3) is 0 Å². The first-order chi connectivity index (χ1) is 10.3. The first-order valence-electron chi connectivity index (χ1n) is 7.81. The van der Waals surface area contributed by atoms with Crippen LogP contribution in [0.3, 0.4) is 0 Å². The van der Waals surface area contributed by atoms with E-state index in [0.717, 1.165) is 23.5 Å². The highest BCUT2D eigenvalue weighted by atomic mass is 32.2. The van der Waals surface area contributed by atoms with Gasteiger partial charge in [0.1, 0.15) is 0 Å². The van der Waals surface area contributed by atoms with Crippen molar-refractivity contribution in [2.75, 3.05) is 18.2 Å². The Labute approximate surface area is 133 Å². The predicted octanol–water partition coefficient (Wildman–Crippen LogP) is 2.16. The standard InChI is InChI=1S/C15H26N4O2S/c1-11-14(12(2)18-22(4,20)21)10-16-15(17-11)19(3)13-8-6-5-7-9-13/h10,12-13,18H,5-9H2,1-4H3. The Balaban J connectivity index is 2.14. The number of aryl methyl sites for hydroxylation is 1. The molecule has 1 aliphatic carbocycles. The third-order valence-corrected chi connectivity index (χ3v) is 5.08. The Morgan fingerprint density at radius 1 is 1.32 bits per heavy atom. The number of sulfonamides is 1. The van der Waals surface area contributed by atoms with Gasteiger partial charge in [-0.15, -0.1) is 0 Å². The summed E-state index contributed by atoms with van der Waals surface area (Å²) in [5.41, 5.74) is 1.63. The highest BCUT2D eigenvalue weighted by Gasteiger charge is 2.21. The average molecular weight is 326 g/mol. The monoisotopic (exact) mass is 326 g/mol. The van der Waals surface area contributed by atoms with Gasteiger partial charge in [-0.2, -0.15) is 0 Å². The molecule has 2 rings (SSSR count). The Kier molecular flexibility index (Phi) is 5.39. The lowest BCUT2D eigenvalue weighted by Gasteiger charge is -2.31. The minimum absolute atomic E-state index is 0.330. The van der Waals surface area contributed by atoms with Crippen LogP contribution in [-0.2, 0) is 10.0 Å². The molecule has 0 bridgehead atoms. The molecular weight excluding hydrogens is 300 g/mol. The second-order valence-electron chi connectivity index (χ2n) is 6.23. The van der Waals surface area contributed by atoms with Gasteiger partial charge in [-0.1, -0.05) is 19.3 Å². The summed E-state index contributed by atoms with van der Waals surface area (Å²) >= 11 is 0. The van der Waals surface area contributed by atoms with Crippen molar-refractivity contribution < 1.29 is 8.42 Å². The molecule has 1 aromatic rings. The first kappa shape index (κ1) is 17.1. The summed E-state index contributed by atoms with van der Waals surface area (Å²) in [7, 11) is -1.20. The largest absolute Gasteiger partial charge is 0.341 e. The topological polar surface area (TPSA) is 75.2 Å². The molecule has 1 atom stereocenters. The molecule has 1 unspecified atom stereocenters. The zero-order valence-electron chi connectivity index (χ0n) is 13.8. The van der Waals surface area contributed by atoms with Gasteiger partial charge in [-0.3, -0.25) is 0 Å². The van der Waals surface area contributed by atoms with E-state index in [2.05, 4.69) is 19.6 Å². The molecule has 1 heterocycles. The van der Waals surface area contributed by atoms with Crippen LogP contribution >= 0.6 is 0 Å². The molecule has 7 heteroatoms. The van der Waals surface area contributed by atoms with E-state index in [1.165, 1.54) is 32.1 Å². The van der Waals surface area contributed by atoms with E-state index in [-0.39, 0.29) is 6.04 Å². The van der Waals surface area contributed by atoms with Crippen molar-refractivity contribution in [1.82, 2.24) is 14.7 Å².